The van der Waals surface area contributed by atoms with E-state index in [0.29, 0.717) is 13.2 Å². The molecule has 0 fully saturated rings. The molecule has 2 aromatic rings. The highest BCUT2D eigenvalue weighted by Gasteiger charge is 2.09. The van der Waals surface area contributed by atoms with E-state index >= 15 is 0 Å². The molecule has 100 valence electrons. The van der Waals surface area contributed by atoms with E-state index in [9.17, 15) is 4.79 Å². The van der Waals surface area contributed by atoms with Gasteiger partial charge >= 0.3 is 0 Å². The SMILES string of the molecule is COCCNC(=O)Cc1csc(-c2ccccn2)n1. The van der Waals surface area contributed by atoms with Crippen molar-refractivity contribution in [2.75, 3.05) is 20.3 Å². The Kier molecular flexibility index (Phi) is 5.00. The first-order chi connectivity index (χ1) is 9.29. The molecule has 0 bridgehead atoms. The van der Waals surface area contributed by atoms with Crippen LogP contribution in [-0.4, -0.2) is 36.1 Å². The number of ether oxygens (including phenoxy) is 1. The van der Waals surface area contributed by atoms with E-state index in [-0.39, 0.29) is 12.3 Å². The topological polar surface area (TPSA) is 64.1 Å². The maximum Gasteiger partial charge on any atom is 0.226 e. The number of rotatable bonds is 6. The van der Waals surface area contributed by atoms with Gasteiger partial charge in [-0.2, -0.15) is 0 Å². The van der Waals surface area contributed by atoms with E-state index in [2.05, 4.69) is 15.3 Å². The van der Waals surface area contributed by atoms with Crippen LogP contribution in [0.3, 0.4) is 0 Å². The van der Waals surface area contributed by atoms with Crippen molar-refractivity contribution in [1.82, 2.24) is 15.3 Å². The first kappa shape index (κ1) is 13.6. The summed E-state index contributed by atoms with van der Waals surface area (Å²) in [5.41, 5.74) is 1.60. The minimum Gasteiger partial charge on any atom is -0.383 e. The summed E-state index contributed by atoms with van der Waals surface area (Å²) in [6.45, 7) is 1.04. The zero-order valence-electron chi connectivity index (χ0n) is 10.6. The van der Waals surface area contributed by atoms with Crippen LogP contribution in [0.25, 0.3) is 10.7 Å². The van der Waals surface area contributed by atoms with Crippen molar-refractivity contribution < 1.29 is 9.53 Å². The molecule has 2 heterocycles. The van der Waals surface area contributed by atoms with E-state index in [0.717, 1.165) is 16.4 Å². The van der Waals surface area contributed by atoms with Gasteiger partial charge in [0, 0.05) is 25.2 Å². The van der Waals surface area contributed by atoms with E-state index in [1.165, 1.54) is 11.3 Å². The summed E-state index contributed by atoms with van der Waals surface area (Å²) in [4.78, 5) is 20.3. The summed E-state index contributed by atoms with van der Waals surface area (Å²) in [6.07, 6.45) is 2.01. The number of nitrogens with zero attached hydrogens (tertiary/aromatic N) is 2. The van der Waals surface area contributed by atoms with E-state index < -0.39 is 0 Å². The maximum atomic E-state index is 11.6. The lowest BCUT2D eigenvalue weighted by atomic mass is 10.3. The van der Waals surface area contributed by atoms with Gasteiger partial charge in [0.1, 0.15) is 5.01 Å². The molecule has 19 heavy (non-hydrogen) atoms. The van der Waals surface area contributed by atoms with Gasteiger partial charge < -0.3 is 10.1 Å². The molecule has 0 aliphatic rings. The molecule has 5 nitrogen and oxygen atoms in total. The molecular weight excluding hydrogens is 262 g/mol. The second kappa shape index (κ2) is 6.96. The predicted molar refractivity (Wildman–Crippen MR) is 73.9 cm³/mol. The van der Waals surface area contributed by atoms with E-state index in [1.54, 1.807) is 13.3 Å². The zero-order chi connectivity index (χ0) is 13.5. The normalized spacial score (nSPS) is 10.4. The Hall–Kier alpha value is -1.79. The molecule has 0 spiro atoms. The van der Waals surface area contributed by atoms with Crippen molar-refractivity contribution >= 4 is 17.2 Å². The van der Waals surface area contributed by atoms with E-state index in [1.807, 2.05) is 23.6 Å². The fourth-order valence-electron chi connectivity index (χ4n) is 1.51. The Labute approximate surface area is 115 Å². The average Bonchev–Trinajstić information content (AvgIpc) is 2.88. The lowest BCUT2D eigenvalue weighted by molar-refractivity contribution is -0.120. The van der Waals surface area contributed by atoms with Gasteiger partial charge in [-0.3, -0.25) is 9.78 Å². The molecule has 0 aliphatic carbocycles. The second-order valence-corrected chi connectivity index (χ2v) is 4.74. The number of hydrogen-bond acceptors (Lipinski definition) is 5. The Morgan fingerprint density at radius 2 is 2.37 bits per heavy atom. The molecule has 0 saturated heterocycles. The van der Waals surface area contributed by atoms with E-state index in [4.69, 9.17) is 4.74 Å². The monoisotopic (exact) mass is 277 g/mol. The third-order valence-electron chi connectivity index (χ3n) is 2.41. The van der Waals surface area contributed by atoms with Crippen LogP contribution in [0.5, 0.6) is 0 Å². The minimum atomic E-state index is -0.0464. The number of amides is 1. The number of hydrogen-bond donors (Lipinski definition) is 1. The summed E-state index contributed by atoms with van der Waals surface area (Å²) < 4.78 is 4.87. The third-order valence-corrected chi connectivity index (χ3v) is 3.32. The quantitative estimate of drug-likeness (QED) is 0.813. The molecular formula is C13H15N3O2S. The summed E-state index contributed by atoms with van der Waals surface area (Å²) in [5.74, 6) is -0.0464. The molecule has 0 atom stereocenters. The fraction of sp³-hybridized carbons (Fsp3) is 0.308. The molecule has 2 rings (SSSR count). The van der Waals surface area contributed by atoms with Crippen LogP contribution in [0.1, 0.15) is 5.69 Å². The summed E-state index contributed by atoms with van der Waals surface area (Å²) in [5, 5.41) is 5.49. The van der Waals surface area contributed by atoms with Gasteiger partial charge in [-0.1, -0.05) is 6.07 Å². The number of pyridine rings is 1. The molecule has 0 radical (unpaired) electrons. The summed E-state index contributed by atoms with van der Waals surface area (Å²) in [7, 11) is 1.60. The molecule has 0 unspecified atom stereocenters. The van der Waals surface area contributed by atoms with Gasteiger partial charge in [0.15, 0.2) is 0 Å². The van der Waals surface area contributed by atoms with Crippen LogP contribution in [-0.2, 0) is 16.0 Å². The first-order valence-corrected chi connectivity index (χ1v) is 6.79. The van der Waals surface area contributed by atoms with Gasteiger partial charge in [0.2, 0.25) is 5.91 Å². The molecule has 0 aromatic carbocycles. The molecule has 2 aromatic heterocycles. The van der Waals surface area contributed by atoms with Crippen LogP contribution in [0.4, 0.5) is 0 Å². The van der Waals surface area contributed by atoms with Crippen molar-refractivity contribution in [1.29, 1.82) is 0 Å². The Morgan fingerprint density at radius 3 is 3.11 bits per heavy atom. The molecule has 0 aliphatic heterocycles. The van der Waals surface area contributed by atoms with Crippen molar-refractivity contribution in [2.45, 2.75) is 6.42 Å². The molecule has 1 amide bonds. The Morgan fingerprint density at radius 1 is 1.47 bits per heavy atom. The predicted octanol–water partition coefficient (Wildman–Crippen LogP) is 1.51. The lowest BCUT2D eigenvalue weighted by Gasteiger charge is -2.02. The van der Waals surface area contributed by atoms with Crippen LogP contribution in [0, 0.1) is 0 Å². The number of thiazole rings is 1. The Bertz CT molecular complexity index is 528. The average molecular weight is 277 g/mol. The first-order valence-electron chi connectivity index (χ1n) is 5.91. The Balaban J connectivity index is 1.93. The van der Waals surface area contributed by atoms with Gasteiger partial charge in [-0.15, -0.1) is 11.3 Å². The fourth-order valence-corrected chi connectivity index (χ4v) is 2.31. The highest BCUT2D eigenvalue weighted by Crippen LogP contribution is 2.21. The minimum absolute atomic E-state index is 0.0464. The highest BCUT2D eigenvalue weighted by molar-refractivity contribution is 7.13. The maximum absolute atomic E-state index is 11.6. The molecule has 6 heteroatoms. The second-order valence-electron chi connectivity index (χ2n) is 3.88. The van der Waals surface area contributed by atoms with Gasteiger partial charge in [-0.05, 0) is 12.1 Å². The molecule has 1 N–H and O–H groups in total. The zero-order valence-corrected chi connectivity index (χ0v) is 11.4. The van der Waals surface area contributed by atoms with Crippen LogP contribution in [0.2, 0.25) is 0 Å². The number of methoxy groups -OCH3 is 1. The van der Waals surface area contributed by atoms with Gasteiger partial charge in [0.25, 0.3) is 0 Å². The number of carbonyl (C=O) groups excluding carboxylic acids is 1. The van der Waals surface area contributed by atoms with Gasteiger partial charge in [-0.25, -0.2) is 4.98 Å². The standard InChI is InChI=1S/C13H15N3O2S/c1-18-7-6-15-12(17)8-10-9-19-13(16-10)11-4-2-3-5-14-11/h2-5,9H,6-8H2,1H3,(H,15,17). The van der Waals surface area contributed by atoms with Crippen LogP contribution in [0.15, 0.2) is 29.8 Å². The number of aromatic nitrogens is 2. The van der Waals surface area contributed by atoms with Crippen molar-refractivity contribution in [3.8, 4) is 10.7 Å². The van der Waals surface area contributed by atoms with Crippen LogP contribution < -0.4 is 5.32 Å². The summed E-state index contributed by atoms with van der Waals surface area (Å²) >= 11 is 1.49. The number of nitrogens with one attached hydrogen (secondary N) is 1. The highest BCUT2D eigenvalue weighted by atomic mass is 32.1. The molecule has 0 saturated carbocycles. The largest absolute Gasteiger partial charge is 0.383 e. The van der Waals surface area contributed by atoms with Gasteiger partial charge in [0.05, 0.1) is 24.4 Å². The smallest absolute Gasteiger partial charge is 0.226 e. The lowest BCUT2D eigenvalue weighted by Crippen LogP contribution is -2.28. The van der Waals surface area contributed by atoms with Crippen LogP contribution >= 0.6 is 11.3 Å². The third kappa shape index (κ3) is 4.11. The number of carbonyl (C=O) groups is 1. The van der Waals surface area contributed by atoms with Crippen molar-refractivity contribution in [2.24, 2.45) is 0 Å². The van der Waals surface area contributed by atoms with Crippen molar-refractivity contribution in [3.63, 3.8) is 0 Å². The van der Waals surface area contributed by atoms with Crippen molar-refractivity contribution in [3.05, 3.63) is 35.5 Å². The summed E-state index contributed by atoms with van der Waals surface area (Å²) in [6, 6.07) is 5.68.